The van der Waals surface area contributed by atoms with Crippen LogP contribution in [0.1, 0.15) is 19.4 Å². The molecule has 0 unspecified atom stereocenters. The fourth-order valence-electron chi connectivity index (χ4n) is 4.60. The number of aliphatic hydroxyl groups excluding tert-OH is 1. The molecule has 36 heavy (non-hydrogen) atoms. The van der Waals surface area contributed by atoms with Gasteiger partial charge < -0.3 is 10.0 Å². The van der Waals surface area contributed by atoms with E-state index in [1.165, 1.54) is 47.3 Å². The summed E-state index contributed by atoms with van der Waals surface area (Å²) < 4.78 is 0. The van der Waals surface area contributed by atoms with E-state index in [9.17, 15) is 4.79 Å². The third-order valence-corrected chi connectivity index (χ3v) is 5.90. The molecule has 1 aliphatic rings. The van der Waals surface area contributed by atoms with Gasteiger partial charge in [-0.25, -0.2) is 0 Å². The second-order valence-electron chi connectivity index (χ2n) is 8.73. The number of rotatable bonds is 2. The van der Waals surface area contributed by atoms with Crippen LogP contribution in [0.25, 0.3) is 32.8 Å². The zero-order valence-corrected chi connectivity index (χ0v) is 22.6. The summed E-state index contributed by atoms with van der Waals surface area (Å²) in [5.74, 6) is -0.0625. The average Bonchev–Trinajstić information content (AvgIpc) is 2.83. The van der Waals surface area contributed by atoms with Gasteiger partial charge in [0, 0.05) is 49.4 Å². The topological polar surface area (TPSA) is 53.4 Å². The molecule has 1 aromatic heterocycles. The molecule has 0 bridgehead atoms. The third-order valence-electron chi connectivity index (χ3n) is 5.90. The van der Waals surface area contributed by atoms with Gasteiger partial charge in [-0.15, -0.1) is 17.5 Å². The predicted octanol–water partition coefficient (Wildman–Crippen LogP) is 7.98. The quantitative estimate of drug-likeness (QED) is 0.117. The van der Waals surface area contributed by atoms with Crippen LogP contribution in [-0.2, 0) is 24.9 Å². The molecular formula is C31H25IrN2O2-. The van der Waals surface area contributed by atoms with Crippen LogP contribution in [0.3, 0.4) is 0 Å². The van der Waals surface area contributed by atoms with Gasteiger partial charge in [-0.1, -0.05) is 59.5 Å². The molecule has 1 radical (unpaired) electrons. The minimum Gasteiger partial charge on any atom is -0.512 e. The first-order valence-corrected chi connectivity index (χ1v) is 11.5. The van der Waals surface area contributed by atoms with E-state index in [1.54, 1.807) is 0 Å². The van der Waals surface area contributed by atoms with Crippen LogP contribution in [0.2, 0.25) is 0 Å². The molecule has 2 heterocycles. The standard InChI is InChI=1S/C26H17N2.C5H8O2.Ir/c1-17-13-20-11-12-27-26-22-15-18-7-5-6-8-19(18)16-23(22)28(24(14-17)25(20)26)21-9-3-2-4-10-21;1-4(6)3-5(2)7;/h2-14,16H,1H3;3,6H,1-2H3;/q-1;;/b;4-3-;. The van der Waals surface area contributed by atoms with Crippen molar-refractivity contribution in [2.45, 2.75) is 20.8 Å². The Bertz CT molecular complexity index is 1610. The second kappa shape index (κ2) is 10.4. The number of aliphatic hydroxyl groups is 1. The summed E-state index contributed by atoms with van der Waals surface area (Å²) in [5, 5.41) is 13.1. The van der Waals surface area contributed by atoms with E-state index in [2.05, 4.69) is 96.8 Å². The van der Waals surface area contributed by atoms with Crippen molar-refractivity contribution in [3.63, 3.8) is 0 Å². The first-order chi connectivity index (χ1) is 16.9. The van der Waals surface area contributed by atoms with Crippen LogP contribution >= 0.6 is 0 Å². The Morgan fingerprint density at radius 2 is 1.64 bits per heavy atom. The molecule has 5 heteroatoms. The van der Waals surface area contributed by atoms with Gasteiger partial charge >= 0.3 is 0 Å². The first-order valence-electron chi connectivity index (χ1n) is 11.5. The Morgan fingerprint density at radius 3 is 2.33 bits per heavy atom. The monoisotopic (exact) mass is 650 g/mol. The third kappa shape index (κ3) is 4.81. The minimum atomic E-state index is -0.125. The SMILES string of the molecule is CC(=O)/C=C(/C)O.Cc1cc2c3c(nccc3c1)-c1[c-]c3ccccc3cc1N2c1ccccc1.[Ir]. The van der Waals surface area contributed by atoms with Crippen LogP contribution in [0, 0.1) is 13.0 Å². The van der Waals surface area contributed by atoms with Crippen molar-refractivity contribution in [1.82, 2.24) is 4.98 Å². The number of nitrogens with zero attached hydrogens (tertiary/aromatic N) is 2. The number of pyridine rings is 1. The molecule has 0 fully saturated rings. The molecule has 0 aliphatic carbocycles. The summed E-state index contributed by atoms with van der Waals surface area (Å²) in [4.78, 5) is 17.2. The van der Waals surface area contributed by atoms with Gasteiger partial charge in [-0.3, -0.25) is 9.78 Å². The van der Waals surface area contributed by atoms with Crippen molar-refractivity contribution >= 4 is 44.4 Å². The van der Waals surface area contributed by atoms with Gasteiger partial charge in [0.1, 0.15) is 0 Å². The fraction of sp³-hybridized carbons (Fsp3) is 0.0968. The summed E-state index contributed by atoms with van der Waals surface area (Å²) in [6, 6.07) is 31.5. The summed E-state index contributed by atoms with van der Waals surface area (Å²) in [5.41, 5.74) is 6.77. The van der Waals surface area contributed by atoms with Crippen molar-refractivity contribution in [3.05, 3.63) is 109 Å². The molecule has 4 aromatic carbocycles. The maximum atomic E-state index is 10.0. The Morgan fingerprint density at radius 1 is 0.917 bits per heavy atom. The number of para-hydroxylation sites is 1. The number of allylic oxidation sites excluding steroid dienone is 2. The minimum absolute atomic E-state index is 0. The number of hydrogen-bond acceptors (Lipinski definition) is 4. The largest absolute Gasteiger partial charge is 0.512 e. The number of anilines is 3. The van der Waals surface area contributed by atoms with Crippen molar-refractivity contribution in [2.75, 3.05) is 4.90 Å². The maximum Gasteiger partial charge on any atom is 0.155 e. The molecular weight excluding hydrogens is 625 g/mol. The number of aryl methyl sites for hydroxylation is 1. The number of hydrogen-bond donors (Lipinski definition) is 1. The summed E-state index contributed by atoms with van der Waals surface area (Å²) in [6.07, 6.45) is 3.08. The molecule has 0 saturated carbocycles. The second-order valence-corrected chi connectivity index (χ2v) is 8.73. The molecule has 5 aromatic rings. The van der Waals surface area contributed by atoms with E-state index in [-0.39, 0.29) is 31.6 Å². The van der Waals surface area contributed by atoms with E-state index in [1.807, 2.05) is 6.20 Å². The first kappa shape index (κ1) is 25.3. The molecule has 0 atom stereocenters. The number of aromatic nitrogens is 1. The van der Waals surface area contributed by atoms with E-state index < -0.39 is 0 Å². The molecule has 181 valence electrons. The maximum absolute atomic E-state index is 10.0. The molecule has 6 rings (SSSR count). The van der Waals surface area contributed by atoms with Crippen LogP contribution < -0.4 is 4.90 Å². The van der Waals surface area contributed by atoms with Gasteiger partial charge in [0.15, 0.2) is 5.78 Å². The van der Waals surface area contributed by atoms with Crippen LogP contribution in [0.15, 0.2) is 96.9 Å². The summed E-state index contributed by atoms with van der Waals surface area (Å²) in [6.45, 7) is 5.00. The molecule has 0 spiro atoms. The van der Waals surface area contributed by atoms with Gasteiger partial charge in [-0.05, 0) is 67.1 Å². The Labute approximate surface area is 224 Å². The molecule has 1 N–H and O–H groups in total. The van der Waals surface area contributed by atoms with E-state index in [0.717, 1.165) is 28.0 Å². The normalized spacial score (nSPS) is 11.9. The van der Waals surface area contributed by atoms with E-state index in [4.69, 9.17) is 10.1 Å². The fourth-order valence-corrected chi connectivity index (χ4v) is 4.60. The Balaban J connectivity index is 0.000000338. The number of benzene rings is 4. The summed E-state index contributed by atoms with van der Waals surface area (Å²) in [7, 11) is 0. The van der Waals surface area contributed by atoms with E-state index >= 15 is 0 Å². The zero-order valence-electron chi connectivity index (χ0n) is 20.2. The van der Waals surface area contributed by atoms with E-state index in [0.29, 0.717) is 0 Å². The van der Waals surface area contributed by atoms with Gasteiger partial charge in [0.2, 0.25) is 0 Å². The van der Waals surface area contributed by atoms with Crippen molar-refractivity contribution < 1.29 is 30.0 Å². The van der Waals surface area contributed by atoms with Gasteiger partial charge in [0.25, 0.3) is 0 Å². The van der Waals surface area contributed by atoms with Crippen molar-refractivity contribution in [3.8, 4) is 11.3 Å². The van der Waals surface area contributed by atoms with Crippen LogP contribution in [0.4, 0.5) is 17.1 Å². The smallest absolute Gasteiger partial charge is 0.155 e. The van der Waals surface area contributed by atoms with Crippen molar-refractivity contribution in [2.24, 2.45) is 0 Å². The number of ketones is 1. The molecule has 4 nitrogen and oxygen atoms in total. The molecule has 0 saturated heterocycles. The number of carbonyl (C=O) groups excluding carboxylic acids is 1. The van der Waals surface area contributed by atoms with Crippen LogP contribution in [-0.4, -0.2) is 15.9 Å². The van der Waals surface area contributed by atoms with Gasteiger partial charge in [-0.2, -0.15) is 0 Å². The predicted molar refractivity (Wildman–Crippen MR) is 144 cm³/mol. The van der Waals surface area contributed by atoms with Crippen LogP contribution in [0.5, 0.6) is 0 Å². The zero-order chi connectivity index (χ0) is 24.5. The number of carbonyl (C=O) groups is 1. The Kier molecular flexibility index (Phi) is 7.35. The Hall–Kier alpha value is -3.79. The van der Waals surface area contributed by atoms with Crippen molar-refractivity contribution in [1.29, 1.82) is 0 Å². The molecule has 0 amide bonds. The summed E-state index contributed by atoms with van der Waals surface area (Å²) >= 11 is 0. The van der Waals surface area contributed by atoms with Gasteiger partial charge in [0.05, 0.1) is 5.76 Å². The number of fused-ring (bicyclic) bond motifs is 3. The molecule has 1 aliphatic heterocycles. The average molecular weight is 650 g/mol.